The molecule has 2 aliphatic rings. The van der Waals surface area contributed by atoms with Gasteiger partial charge in [0.05, 0.1) is 12.6 Å². The number of nitrogens with zero attached hydrogens (tertiary/aromatic N) is 3. The predicted molar refractivity (Wildman–Crippen MR) is 98.1 cm³/mol. The molecule has 1 atom stereocenters. The molecule has 1 aromatic heterocycles. The average Bonchev–Trinajstić information content (AvgIpc) is 2.98. The third-order valence-corrected chi connectivity index (χ3v) is 5.88. The molecule has 6 nitrogen and oxygen atoms in total. The number of aryl methyl sites for hydroxylation is 1. The molecule has 134 valence electrons. The zero-order valence-electron chi connectivity index (χ0n) is 15.0. The van der Waals surface area contributed by atoms with Gasteiger partial charge >= 0.3 is 0 Å². The van der Waals surface area contributed by atoms with Crippen LogP contribution in [0.2, 0.25) is 0 Å². The summed E-state index contributed by atoms with van der Waals surface area (Å²) in [6, 6.07) is 5.99. The van der Waals surface area contributed by atoms with E-state index in [1.54, 1.807) is 7.11 Å². The van der Waals surface area contributed by atoms with E-state index in [-0.39, 0.29) is 5.41 Å². The molecule has 2 fully saturated rings. The van der Waals surface area contributed by atoms with Crippen LogP contribution in [-0.4, -0.2) is 49.9 Å². The van der Waals surface area contributed by atoms with E-state index in [1.807, 2.05) is 25.1 Å². The summed E-state index contributed by atoms with van der Waals surface area (Å²) in [6.45, 7) is 6.26. The molecule has 4 rings (SSSR count). The first-order chi connectivity index (χ1) is 12.1. The van der Waals surface area contributed by atoms with E-state index in [9.17, 15) is 0 Å². The lowest BCUT2D eigenvalue weighted by atomic mass is 9.72. The van der Waals surface area contributed by atoms with Crippen molar-refractivity contribution >= 4 is 16.7 Å². The summed E-state index contributed by atoms with van der Waals surface area (Å²) in [5.41, 5.74) is 7.35. The quantitative estimate of drug-likeness (QED) is 0.921. The fraction of sp³-hybridized carbons (Fsp3) is 0.579. The van der Waals surface area contributed by atoms with Crippen molar-refractivity contribution in [2.75, 3.05) is 44.9 Å². The summed E-state index contributed by atoms with van der Waals surface area (Å²) in [5.74, 6) is 3.11. The third kappa shape index (κ3) is 2.83. The molecule has 0 radical (unpaired) electrons. The van der Waals surface area contributed by atoms with Crippen molar-refractivity contribution in [2.45, 2.75) is 19.8 Å². The van der Waals surface area contributed by atoms with Crippen molar-refractivity contribution in [1.29, 1.82) is 0 Å². The van der Waals surface area contributed by atoms with Crippen LogP contribution >= 0.6 is 0 Å². The maximum atomic E-state index is 6.15. The first-order valence-corrected chi connectivity index (χ1v) is 9.00. The number of aromatic nitrogens is 2. The summed E-state index contributed by atoms with van der Waals surface area (Å²) in [7, 11) is 1.69. The molecule has 0 amide bonds. The van der Waals surface area contributed by atoms with Crippen LogP contribution in [0.25, 0.3) is 10.9 Å². The van der Waals surface area contributed by atoms with E-state index in [0.717, 1.165) is 67.4 Å². The van der Waals surface area contributed by atoms with Crippen LogP contribution in [0, 0.1) is 18.3 Å². The molecule has 1 aromatic carbocycles. The highest BCUT2D eigenvalue weighted by Gasteiger charge is 2.47. The summed E-state index contributed by atoms with van der Waals surface area (Å²) >= 11 is 0. The Kier molecular flexibility index (Phi) is 4.25. The molecule has 1 spiro atoms. The van der Waals surface area contributed by atoms with Gasteiger partial charge in [-0.2, -0.15) is 0 Å². The van der Waals surface area contributed by atoms with Gasteiger partial charge in [0, 0.05) is 31.7 Å². The second-order valence-corrected chi connectivity index (χ2v) is 7.27. The van der Waals surface area contributed by atoms with Gasteiger partial charge in [0.25, 0.3) is 0 Å². The Morgan fingerprint density at radius 2 is 2.12 bits per heavy atom. The lowest BCUT2D eigenvalue weighted by Crippen LogP contribution is -2.39. The van der Waals surface area contributed by atoms with Crippen molar-refractivity contribution < 1.29 is 9.47 Å². The van der Waals surface area contributed by atoms with Gasteiger partial charge in [-0.05, 0) is 55.8 Å². The SMILES string of the molecule is COc1ccc2nc(C)nc(N3CC(CN)C4(CCOCC4)C3)c2c1. The Hall–Kier alpha value is -1.92. The molecule has 0 aliphatic carbocycles. The van der Waals surface area contributed by atoms with E-state index in [1.165, 1.54) is 0 Å². The molecule has 6 heteroatoms. The molecule has 0 bridgehead atoms. The Morgan fingerprint density at radius 3 is 2.84 bits per heavy atom. The maximum Gasteiger partial charge on any atom is 0.140 e. The standard InChI is InChI=1S/C19H26N4O2/c1-13-21-17-4-3-15(24-2)9-16(17)18(22-13)23-11-14(10-20)19(12-23)5-7-25-8-6-19/h3-4,9,14H,5-8,10-12,20H2,1-2H3. The van der Waals surface area contributed by atoms with Crippen molar-refractivity contribution in [1.82, 2.24) is 9.97 Å². The average molecular weight is 342 g/mol. The molecular weight excluding hydrogens is 316 g/mol. The molecule has 3 heterocycles. The fourth-order valence-electron chi connectivity index (χ4n) is 4.44. The minimum Gasteiger partial charge on any atom is -0.497 e. The summed E-state index contributed by atoms with van der Waals surface area (Å²) in [4.78, 5) is 11.8. The van der Waals surface area contributed by atoms with Crippen molar-refractivity contribution in [2.24, 2.45) is 17.1 Å². The number of benzene rings is 1. The van der Waals surface area contributed by atoms with Gasteiger partial charge in [0.1, 0.15) is 17.4 Å². The number of rotatable bonds is 3. The minimum absolute atomic E-state index is 0.247. The van der Waals surface area contributed by atoms with Gasteiger partial charge in [-0.25, -0.2) is 9.97 Å². The van der Waals surface area contributed by atoms with E-state index < -0.39 is 0 Å². The van der Waals surface area contributed by atoms with Crippen LogP contribution in [0.3, 0.4) is 0 Å². The highest BCUT2D eigenvalue weighted by Crippen LogP contribution is 2.45. The monoisotopic (exact) mass is 342 g/mol. The first kappa shape index (κ1) is 16.5. The van der Waals surface area contributed by atoms with Gasteiger partial charge in [-0.3, -0.25) is 0 Å². The second-order valence-electron chi connectivity index (χ2n) is 7.27. The van der Waals surface area contributed by atoms with E-state index in [2.05, 4.69) is 9.88 Å². The van der Waals surface area contributed by atoms with Crippen LogP contribution < -0.4 is 15.4 Å². The van der Waals surface area contributed by atoms with Gasteiger partial charge in [0.2, 0.25) is 0 Å². The Balaban J connectivity index is 1.76. The zero-order chi connectivity index (χ0) is 17.4. The molecule has 25 heavy (non-hydrogen) atoms. The van der Waals surface area contributed by atoms with Crippen LogP contribution in [-0.2, 0) is 4.74 Å². The van der Waals surface area contributed by atoms with Crippen LogP contribution in [0.5, 0.6) is 5.75 Å². The van der Waals surface area contributed by atoms with Gasteiger partial charge in [-0.1, -0.05) is 0 Å². The lowest BCUT2D eigenvalue weighted by molar-refractivity contribution is 0.00490. The van der Waals surface area contributed by atoms with Crippen LogP contribution in [0.1, 0.15) is 18.7 Å². The predicted octanol–water partition coefficient (Wildman–Crippen LogP) is 2.14. The van der Waals surface area contributed by atoms with E-state index >= 15 is 0 Å². The number of hydrogen-bond acceptors (Lipinski definition) is 6. The van der Waals surface area contributed by atoms with E-state index in [0.29, 0.717) is 12.5 Å². The number of fused-ring (bicyclic) bond motifs is 1. The van der Waals surface area contributed by atoms with Crippen LogP contribution in [0.4, 0.5) is 5.82 Å². The van der Waals surface area contributed by atoms with Crippen LogP contribution in [0.15, 0.2) is 18.2 Å². The molecule has 2 aromatic rings. The van der Waals surface area contributed by atoms with Gasteiger partial charge in [-0.15, -0.1) is 0 Å². The molecule has 2 saturated heterocycles. The largest absolute Gasteiger partial charge is 0.497 e. The summed E-state index contributed by atoms with van der Waals surface area (Å²) in [5, 5.41) is 1.05. The fourth-order valence-corrected chi connectivity index (χ4v) is 4.44. The molecule has 2 N–H and O–H groups in total. The second kappa shape index (κ2) is 6.42. The normalized spacial score (nSPS) is 22.7. The number of ether oxygens (including phenoxy) is 2. The van der Waals surface area contributed by atoms with E-state index in [4.69, 9.17) is 20.2 Å². The Bertz CT molecular complexity index is 773. The molecule has 0 saturated carbocycles. The summed E-state index contributed by atoms with van der Waals surface area (Å²) < 4.78 is 11.0. The molecular formula is C19H26N4O2. The smallest absolute Gasteiger partial charge is 0.140 e. The van der Waals surface area contributed by atoms with Gasteiger partial charge < -0.3 is 20.1 Å². The minimum atomic E-state index is 0.247. The molecule has 2 aliphatic heterocycles. The van der Waals surface area contributed by atoms with Crippen molar-refractivity contribution in [3.8, 4) is 5.75 Å². The number of hydrogen-bond donors (Lipinski definition) is 1. The first-order valence-electron chi connectivity index (χ1n) is 9.00. The Morgan fingerprint density at radius 1 is 1.32 bits per heavy atom. The van der Waals surface area contributed by atoms with Crippen molar-refractivity contribution in [3.05, 3.63) is 24.0 Å². The lowest BCUT2D eigenvalue weighted by Gasteiger charge is -2.37. The summed E-state index contributed by atoms with van der Waals surface area (Å²) in [6.07, 6.45) is 2.16. The maximum absolute atomic E-state index is 6.15. The number of anilines is 1. The third-order valence-electron chi connectivity index (χ3n) is 5.88. The highest BCUT2D eigenvalue weighted by molar-refractivity contribution is 5.91. The number of methoxy groups -OCH3 is 1. The Labute approximate surface area is 148 Å². The topological polar surface area (TPSA) is 73.5 Å². The highest BCUT2D eigenvalue weighted by atomic mass is 16.5. The zero-order valence-corrected chi connectivity index (χ0v) is 15.0. The number of nitrogens with two attached hydrogens (primary N) is 1. The van der Waals surface area contributed by atoms with Crippen molar-refractivity contribution in [3.63, 3.8) is 0 Å². The molecule has 1 unspecified atom stereocenters. The van der Waals surface area contributed by atoms with Gasteiger partial charge in [0.15, 0.2) is 0 Å².